The lowest BCUT2D eigenvalue weighted by atomic mass is 10.2. The molecule has 0 saturated carbocycles. The van der Waals surface area contributed by atoms with Gasteiger partial charge in [0.05, 0.1) is 12.3 Å². The molecule has 0 atom stereocenters. The zero-order valence-corrected chi connectivity index (χ0v) is 12.1. The van der Waals surface area contributed by atoms with Gasteiger partial charge in [-0.15, -0.1) is 0 Å². The number of nitrogens with zero attached hydrogens (tertiary/aromatic N) is 1. The highest BCUT2D eigenvalue weighted by Crippen LogP contribution is 2.12. The number of carbonyl (C=O) groups excluding carboxylic acids is 1. The van der Waals surface area contributed by atoms with Crippen LogP contribution < -0.4 is 10.2 Å². The molecule has 2 rings (SSSR count). The summed E-state index contributed by atoms with van der Waals surface area (Å²) in [6.45, 7) is 3.96. The van der Waals surface area contributed by atoms with Gasteiger partial charge in [0.25, 0.3) is 5.91 Å². The van der Waals surface area contributed by atoms with Gasteiger partial charge in [-0.05, 0) is 55.8 Å². The first-order chi connectivity index (χ1) is 10.1. The zero-order chi connectivity index (χ0) is 15.1. The molecule has 108 valence electrons. The lowest BCUT2D eigenvalue weighted by Crippen LogP contribution is -2.17. The number of benzene rings is 2. The van der Waals surface area contributed by atoms with E-state index in [4.69, 9.17) is 4.74 Å². The first-order valence-corrected chi connectivity index (χ1v) is 6.80. The molecule has 0 saturated heterocycles. The third-order valence-electron chi connectivity index (χ3n) is 2.67. The van der Waals surface area contributed by atoms with E-state index in [0.29, 0.717) is 5.56 Å². The van der Waals surface area contributed by atoms with Crippen molar-refractivity contribution in [2.24, 2.45) is 5.10 Å². The number of hydrazone groups is 1. The molecule has 21 heavy (non-hydrogen) atoms. The molecule has 0 aliphatic carbocycles. The Morgan fingerprint density at radius 1 is 1.10 bits per heavy atom. The summed E-state index contributed by atoms with van der Waals surface area (Å²) in [7, 11) is 0. The van der Waals surface area contributed by atoms with Crippen LogP contribution in [0.25, 0.3) is 0 Å². The second-order valence-corrected chi connectivity index (χ2v) is 4.80. The van der Waals surface area contributed by atoms with Gasteiger partial charge in [0, 0.05) is 5.56 Å². The molecule has 0 aliphatic heterocycles. The molecule has 4 heteroatoms. The standard InChI is InChI=1S/C17H18N2O2/c1-13(2)21-16-10-8-14(9-11-16)12-18-19-17(20)15-6-4-3-5-7-15/h3-13H,1-2H3,(H,19,20). The van der Waals surface area contributed by atoms with E-state index in [9.17, 15) is 4.79 Å². The molecule has 0 aromatic heterocycles. The number of hydrogen-bond donors (Lipinski definition) is 1. The molecule has 0 unspecified atom stereocenters. The predicted molar refractivity (Wildman–Crippen MR) is 83.7 cm³/mol. The second kappa shape index (κ2) is 7.24. The fraction of sp³-hybridized carbons (Fsp3) is 0.176. The van der Waals surface area contributed by atoms with Gasteiger partial charge >= 0.3 is 0 Å². The Morgan fingerprint density at radius 2 is 1.76 bits per heavy atom. The minimum Gasteiger partial charge on any atom is -0.491 e. The van der Waals surface area contributed by atoms with Crippen LogP contribution in [0.4, 0.5) is 0 Å². The predicted octanol–water partition coefficient (Wildman–Crippen LogP) is 3.24. The summed E-state index contributed by atoms with van der Waals surface area (Å²) in [4.78, 5) is 11.8. The SMILES string of the molecule is CC(C)Oc1ccc(C=NNC(=O)c2ccccc2)cc1. The highest BCUT2D eigenvalue weighted by molar-refractivity contribution is 5.94. The van der Waals surface area contributed by atoms with Crippen molar-refractivity contribution in [1.29, 1.82) is 0 Å². The molecule has 0 fully saturated rings. The monoisotopic (exact) mass is 282 g/mol. The second-order valence-electron chi connectivity index (χ2n) is 4.80. The fourth-order valence-electron chi connectivity index (χ4n) is 1.72. The summed E-state index contributed by atoms with van der Waals surface area (Å²) in [6, 6.07) is 16.5. The Bertz CT molecular complexity index is 604. The normalized spacial score (nSPS) is 10.8. The molecule has 0 spiro atoms. The summed E-state index contributed by atoms with van der Waals surface area (Å²) in [5.41, 5.74) is 3.96. The van der Waals surface area contributed by atoms with Gasteiger partial charge < -0.3 is 4.74 Å². The Labute approximate surface area is 124 Å². The van der Waals surface area contributed by atoms with Crippen LogP contribution >= 0.6 is 0 Å². The number of nitrogens with one attached hydrogen (secondary N) is 1. The molecule has 0 radical (unpaired) electrons. The number of amides is 1. The van der Waals surface area contributed by atoms with Gasteiger partial charge in [0.15, 0.2) is 0 Å². The molecule has 2 aromatic rings. The minimum atomic E-state index is -0.230. The first-order valence-electron chi connectivity index (χ1n) is 6.80. The molecule has 0 bridgehead atoms. The third kappa shape index (κ3) is 4.76. The lowest BCUT2D eigenvalue weighted by molar-refractivity contribution is 0.0955. The van der Waals surface area contributed by atoms with E-state index in [0.717, 1.165) is 11.3 Å². The summed E-state index contributed by atoms with van der Waals surface area (Å²) in [6.07, 6.45) is 1.75. The molecular weight excluding hydrogens is 264 g/mol. The molecule has 1 N–H and O–H groups in total. The van der Waals surface area contributed by atoms with Gasteiger partial charge in [-0.25, -0.2) is 5.43 Å². The molecule has 2 aromatic carbocycles. The number of rotatable bonds is 5. The van der Waals surface area contributed by atoms with Crippen molar-refractivity contribution in [1.82, 2.24) is 5.43 Å². The van der Waals surface area contributed by atoms with Crippen LogP contribution in [-0.4, -0.2) is 18.2 Å². The maximum Gasteiger partial charge on any atom is 0.271 e. The van der Waals surface area contributed by atoms with Crippen molar-refractivity contribution in [3.05, 3.63) is 65.7 Å². The van der Waals surface area contributed by atoms with Crippen LogP contribution in [0.3, 0.4) is 0 Å². The van der Waals surface area contributed by atoms with Gasteiger partial charge in [-0.2, -0.15) is 5.10 Å². The van der Waals surface area contributed by atoms with E-state index >= 15 is 0 Å². The van der Waals surface area contributed by atoms with Crippen LogP contribution in [0.2, 0.25) is 0 Å². The summed E-state index contributed by atoms with van der Waals surface area (Å²) in [5.74, 6) is 0.585. The van der Waals surface area contributed by atoms with Crippen molar-refractivity contribution in [2.45, 2.75) is 20.0 Å². The number of ether oxygens (including phenoxy) is 1. The summed E-state index contributed by atoms with van der Waals surface area (Å²) in [5, 5.41) is 3.94. The van der Waals surface area contributed by atoms with Crippen molar-refractivity contribution < 1.29 is 9.53 Å². The minimum absolute atomic E-state index is 0.148. The molecule has 0 aliphatic rings. The Morgan fingerprint density at radius 3 is 2.38 bits per heavy atom. The highest BCUT2D eigenvalue weighted by Gasteiger charge is 2.01. The Hall–Kier alpha value is -2.62. The smallest absolute Gasteiger partial charge is 0.271 e. The Kier molecular flexibility index (Phi) is 5.10. The average molecular weight is 282 g/mol. The maximum atomic E-state index is 11.8. The Balaban J connectivity index is 1.91. The number of hydrogen-bond acceptors (Lipinski definition) is 3. The molecule has 0 heterocycles. The van der Waals surface area contributed by atoms with Gasteiger partial charge in [0.1, 0.15) is 5.75 Å². The first kappa shape index (κ1) is 14.8. The van der Waals surface area contributed by atoms with Crippen molar-refractivity contribution >= 4 is 12.1 Å². The summed E-state index contributed by atoms with van der Waals surface area (Å²) < 4.78 is 5.56. The highest BCUT2D eigenvalue weighted by atomic mass is 16.5. The topological polar surface area (TPSA) is 50.7 Å². The largest absolute Gasteiger partial charge is 0.491 e. The van der Waals surface area contributed by atoms with Gasteiger partial charge in [-0.1, -0.05) is 18.2 Å². The lowest BCUT2D eigenvalue weighted by Gasteiger charge is -2.09. The zero-order valence-electron chi connectivity index (χ0n) is 12.1. The van der Waals surface area contributed by atoms with Crippen LogP contribution in [-0.2, 0) is 0 Å². The molecule has 4 nitrogen and oxygen atoms in total. The number of carbonyl (C=O) groups is 1. The maximum absolute atomic E-state index is 11.8. The van der Waals surface area contributed by atoms with Gasteiger partial charge in [-0.3, -0.25) is 4.79 Å². The van der Waals surface area contributed by atoms with E-state index < -0.39 is 0 Å². The van der Waals surface area contributed by atoms with Crippen molar-refractivity contribution in [3.8, 4) is 5.75 Å². The summed E-state index contributed by atoms with van der Waals surface area (Å²) >= 11 is 0. The van der Waals surface area contributed by atoms with Crippen LogP contribution in [0, 0.1) is 0 Å². The quantitative estimate of drug-likeness (QED) is 0.676. The van der Waals surface area contributed by atoms with Crippen molar-refractivity contribution in [3.63, 3.8) is 0 Å². The molecular formula is C17H18N2O2. The van der Waals surface area contributed by atoms with Crippen LogP contribution in [0.5, 0.6) is 5.75 Å². The van der Waals surface area contributed by atoms with E-state index in [1.807, 2.05) is 56.3 Å². The van der Waals surface area contributed by atoms with Crippen molar-refractivity contribution in [2.75, 3.05) is 0 Å². The van der Waals surface area contributed by atoms with Crippen LogP contribution in [0.1, 0.15) is 29.8 Å². The van der Waals surface area contributed by atoms with E-state index in [-0.39, 0.29) is 12.0 Å². The average Bonchev–Trinajstić information content (AvgIpc) is 2.49. The third-order valence-corrected chi connectivity index (χ3v) is 2.67. The van der Waals surface area contributed by atoms with Crippen LogP contribution in [0.15, 0.2) is 59.7 Å². The van der Waals surface area contributed by atoms with E-state index in [2.05, 4.69) is 10.5 Å². The van der Waals surface area contributed by atoms with E-state index in [1.54, 1.807) is 18.3 Å². The molecule has 1 amide bonds. The van der Waals surface area contributed by atoms with E-state index in [1.165, 1.54) is 0 Å². The fourth-order valence-corrected chi connectivity index (χ4v) is 1.72. The van der Waals surface area contributed by atoms with Gasteiger partial charge in [0.2, 0.25) is 0 Å².